The summed E-state index contributed by atoms with van der Waals surface area (Å²) in [5, 5.41) is 9.17. The number of carbonyl (C=O) groups excluding carboxylic acids is 1. The van der Waals surface area contributed by atoms with Crippen LogP contribution in [0.15, 0.2) is 18.2 Å². The molecule has 5 heteroatoms. The molecule has 0 saturated carbocycles. The fourth-order valence-corrected chi connectivity index (χ4v) is 3.13. The van der Waals surface area contributed by atoms with Gasteiger partial charge in [0.1, 0.15) is 6.04 Å². The number of carboxylic acids is 1. The summed E-state index contributed by atoms with van der Waals surface area (Å²) in [5.74, 6) is -1.07. The Labute approximate surface area is 117 Å². The summed E-state index contributed by atoms with van der Waals surface area (Å²) in [6.07, 6.45) is 2.25. The van der Waals surface area contributed by atoms with Crippen molar-refractivity contribution in [2.75, 3.05) is 25.0 Å². The number of likely N-dealkylation sites (N-methyl/N-ethyl adjacent to an activating group) is 1. The Balaban J connectivity index is 1.86. The van der Waals surface area contributed by atoms with Gasteiger partial charge in [-0.2, -0.15) is 0 Å². The molecule has 1 amide bonds. The number of benzene rings is 1. The minimum atomic E-state index is -0.906. The first-order valence-corrected chi connectivity index (χ1v) is 6.96. The van der Waals surface area contributed by atoms with Crippen LogP contribution in [0.1, 0.15) is 28.8 Å². The zero-order valence-corrected chi connectivity index (χ0v) is 11.5. The Morgan fingerprint density at radius 3 is 2.85 bits per heavy atom. The summed E-state index contributed by atoms with van der Waals surface area (Å²) in [6, 6.07) is 5.01. The fraction of sp³-hybridized carbons (Fsp3) is 0.467. The van der Waals surface area contributed by atoms with Gasteiger partial charge in [0.15, 0.2) is 0 Å². The molecule has 20 heavy (non-hydrogen) atoms. The number of hydrogen-bond donors (Lipinski definition) is 1. The molecule has 0 aromatic heterocycles. The Morgan fingerprint density at radius 1 is 1.30 bits per heavy atom. The number of likely N-dealkylation sites (tertiary alicyclic amines) is 1. The summed E-state index contributed by atoms with van der Waals surface area (Å²) in [6.45, 7) is 1.50. The number of anilines is 1. The van der Waals surface area contributed by atoms with E-state index in [0.29, 0.717) is 18.5 Å². The maximum atomic E-state index is 12.5. The topological polar surface area (TPSA) is 60.9 Å². The summed E-state index contributed by atoms with van der Waals surface area (Å²) in [4.78, 5) is 27.3. The van der Waals surface area contributed by atoms with Crippen LogP contribution in [-0.2, 0) is 11.2 Å². The van der Waals surface area contributed by atoms with E-state index in [-0.39, 0.29) is 5.91 Å². The van der Waals surface area contributed by atoms with Crippen molar-refractivity contribution in [3.8, 4) is 0 Å². The molecule has 5 nitrogen and oxygen atoms in total. The maximum absolute atomic E-state index is 12.5. The molecule has 2 aliphatic heterocycles. The molecule has 0 aliphatic carbocycles. The number of amides is 1. The monoisotopic (exact) mass is 274 g/mol. The van der Waals surface area contributed by atoms with Gasteiger partial charge in [0.25, 0.3) is 5.91 Å². The van der Waals surface area contributed by atoms with Crippen LogP contribution in [0.5, 0.6) is 0 Å². The van der Waals surface area contributed by atoms with Crippen molar-refractivity contribution in [3.05, 3.63) is 29.3 Å². The molecule has 1 N–H and O–H groups in total. The van der Waals surface area contributed by atoms with Crippen LogP contribution in [0.3, 0.4) is 0 Å². The highest BCUT2D eigenvalue weighted by molar-refractivity contribution is 5.97. The molecule has 2 aliphatic rings. The lowest BCUT2D eigenvalue weighted by molar-refractivity contribution is -0.141. The standard InChI is InChI=1S/C15H18N2O3/c1-16-8-6-10-9-11(4-5-12(10)16)14(18)17-7-2-3-13(17)15(19)20/h4-5,9,13H,2-3,6-8H2,1H3,(H,19,20). The predicted molar refractivity (Wildman–Crippen MR) is 75.1 cm³/mol. The highest BCUT2D eigenvalue weighted by atomic mass is 16.4. The van der Waals surface area contributed by atoms with Crippen molar-refractivity contribution in [2.24, 2.45) is 0 Å². The molecule has 1 aromatic carbocycles. The van der Waals surface area contributed by atoms with E-state index >= 15 is 0 Å². The van der Waals surface area contributed by atoms with E-state index in [1.165, 1.54) is 10.5 Å². The second-order valence-electron chi connectivity index (χ2n) is 5.51. The number of fused-ring (bicyclic) bond motifs is 1. The Morgan fingerprint density at radius 2 is 2.10 bits per heavy atom. The first-order chi connectivity index (χ1) is 9.58. The lowest BCUT2D eigenvalue weighted by Gasteiger charge is -2.22. The first kappa shape index (κ1) is 13.0. The van der Waals surface area contributed by atoms with Crippen LogP contribution < -0.4 is 4.90 Å². The Bertz CT molecular complexity index is 570. The quantitative estimate of drug-likeness (QED) is 0.884. The molecule has 1 unspecified atom stereocenters. The number of nitrogens with zero attached hydrogens (tertiary/aromatic N) is 2. The average molecular weight is 274 g/mol. The van der Waals surface area contributed by atoms with Gasteiger partial charge >= 0.3 is 5.97 Å². The van der Waals surface area contributed by atoms with E-state index < -0.39 is 12.0 Å². The molecule has 3 rings (SSSR count). The van der Waals surface area contributed by atoms with E-state index in [1.54, 1.807) is 6.07 Å². The zero-order chi connectivity index (χ0) is 14.3. The van der Waals surface area contributed by atoms with Crippen molar-refractivity contribution < 1.29 is 14.7 Å². The van der Waals surface area contributed by atoms with Gasteiger partial charge in [-0.15, -0.1) is 0 Å². The maximum Gasteiger partial charge on any atom is 0.326 e. The SMILES string of the molecule is CN1CCc2cc(C(=O)N3CCCC3C(=O)O)ccc21. The van der Waals surface area contributed by atoms with Crippen molar-refractivity contribution in [2.45, 2.75) is 25.3 Å². The molecule has 1 aromatic rings. The van der Waals surface area contributed by atoms with Gasteiger partial charge in [-0.05, 0) is 43.0 Å². The van der Waals surface area contributed by atoms with Crippen molar-refractivity contribution >= 4 is 17.6 Å². The summed E-state index contributed by atoms with van der Waals surface area (Å²) in [5.41, 5.74) is 2.94. The van der Waals surface area contributed by atoms with Gasteiger partial charge in [-0.1, -0.05) is 0 Å². The minimum absolute atomic E-state index is 0.160. The molecule has 1 saturated heterocycles. The van der Waals surface area contributed by atoms with E-state index in [0.717, 1.165) is 25.1 Å². The predicted octanol–water partition coefficient (Wildman–Crippen LogP) is 1.37. The average Bonchev–Trinajstić information content (AvgIpc) is 3.05. The molecule has 1 atom stereocenters. The van der Waals surface area contributed by atoms with Crippen molar-refractivity contribution in [3.63, 3.8) is 0 Å². The summed E-state index contributed by atoms with van der Waals surface area (Å²) in [7, 11) is 2.04. The number of carbonyl (C=O) groups is 2. The van der Waals surface area contributed by atoms with Crippen LogP contribution in [0, 0.1) is 0 Å². The third-order valence-electron chi connectivity index (χ3n) is 4.25. The van der Waals surface area contributed by atoms with Gasteiger partial charge in [0.2, 0.25) is 0 Å². The van der Waals surface area contributed by atoms with Gasteiger partial charge in [0, 0.05) is 31.4 Å². The number of hydrogen-bond acceptors (Lipinski definition) is 3. The van der Waals surface area contributed by atoms with Crippen LogP contribution in [0.4, 0.5) is 5.69 Å². The van der Waals surface area contributed by atoms with Gasteiger partial charge in [-0.3, -0.25) is 4.79 Å². The summed E-state index contributed by atoms with van der Waals surface area (Å²) >= 11 is 0. The smallest absolute Gasteiger partial charge is 0.326 e. The highest BCUT2D eigenvalue weighted by Crippen LogP contribution is 2.29. The van der Waals surface area contributed by atoms with Gasteiger partial charge < -0.3 is 14.9 Å². The fourth-order valence-electron chi connectivity index (χ4n) is 3.13. The number of carboxylic acid groups (broad SMARTS) is 1. The summed E-state index contributed by atoms with van der Waals surface area (Å²) < 4.78 is 0. The molecule has 0 radical (unpaired) electrons. The van der Waals surface area contributed by atoms with Gasteiger partial charge in [-0.25, -0.2) is 4.79 Å². The zero-order valence-electron chi connectivity index (χ0n) is 11.5. The van der Waals surface area contributed by atoms with Crippen LogP contribution in [-0.4, -0.2) is 48.1 Å². The lowest BCUT2D eigenvalue weighted by atomic mass is 10.1. The second-order valence-corrected chi connectivity index (χ2v) is 5.51. The van der Waals surface area contributed by atoms with E-state index in [1.807, 2.05) is 19.2 Å². The van der Waals surface area contributed by atoms with Gasteiger partial charge in [0.05, 0.1) is 0 Å². The van der Waals surface area contributed by atoms with E-state index in [4.69, 9.17) is 5.11 Å². The third-order valence-corrected chi connectivity index (χ3v) is 4.25. The highest BCUT2D eigenvalue weighted by Gasteiger charge is 2.34. The molecule has 1 fully saturated rings. The minimum Gasteiger partial charge on any atom is -0.480 e. The van der Waals surface area contributed by atoms with E-state index in [9.17, 15) is 9.59 Å². The molecule has 2 heterocycles. The Hall–Kier alpha value is -2.04. The number of rotatable bonds is 2. The van der Waals surface area contributed by atoms with Crippen molar-refractivity contribution in [1.82, 2.24) is 4.90 Å². The van der Waals surface area contributed by atoms with Crippen LogP contribution in [0.25, 0.3) is 0 Å². The Kier molecular flexibility index (Phi) is 3.12. The molecular weight excluding hydrogens is 256 g/mol. The second kappa shape index (κ2) is 4.81. The molecular formula is C15H18N2O3. The molecule has 106 valence electrons. The number of aliphatic carboxylic acids is 1. The van der Waals surface area contributed by atoms with Crippen LogP contribution >= 0.6 is 0 Å². The van der Waals surface area contributed by atoms with Crippen molar-refractivity contribution in [1.29, 1.82) is 0 Å². The molecule has 0 spiro atoms. The van der Waals surface area contributed by atoms with E-state index in [2.05, 4.69) is 4.90 Å². The first-order valence-electron chi connectivity index (χ1n) is 6.96. The largest absolute Gasteiger partial charge is 0.480 e. The third kappa shape index (κ3) is 2.03. The normalized spacial score (nSPS) is 21.1. The molecule has 0 bridgehead atoms. The van der Waals surface area contributed by atoms with Crippen LogP contribution in [0.2, 0.25) is 0 Å². The lowest BCUT2D eigenvalue weighted by Crippen LogP contribution is -2.40.